The Bertz CT molecular complexity index is 754. The number of hydrogen-bond donors (Lipinski definition) is 2. The second kappa shape index (κ2) is 5.55. The summed E-state index contributed by atoms with van der Waals surface area (Å²) < 4.78 is 27.1. The van der Waals surface area contributed by atoms with Crippen LogP contribution in [0.3, 0.4) is 0 Å². The van der Waals surface area contributed by atoms with Crippen molar-refractivity contribution in [3.05, 3.63) is 64.7 Å². The maximum Gasteiger partial charge on any atom is 0.261 e. The number of fused-ring (bicyclic) bond motifs is 1. The Kier molecular flexibility index (Phi) is 3.58. The predicted octanol–water partition coefficient (Wildman–Crippen LogP) is 2.50. The zero-order valence-electron chi connectivity index (χ0n) is 11.5. The molecule has 4 nitrogen and oxygen atoms in total. The van der Waals surface area contributed by atoms with Gasteiger partial charge in [0, 0.05) is 17.8 Å². The zero-order chi connectivity index (χ0) is 15.7. The van der Waals surface area contributed by atoms with Crippen LogP contribution in [-0.4, -0.2) is 18.4 Å². The van der Waals surface area contributed by atoms with Crippen molar-refractivity contribution >= 4 is 17.5 Å². The van der Waals surface area contributed by atoms with Gasteiger partial charge in [-0.05, 0) is 36.2 Å². The lowest BCUT2D eigenvalue weighted by Crippen LogP contribution is -2.31. The zero-order valence-corrected chi connectivity index (χ0v) is 11.5. The molecule has 2 amide bonds. The maximum atomic E-state index is 13.6. The highest BCUT2D eigenvalue weighted by atomic mass is 19.1. The number of hydrogen-bond acceptors (Lipinski definition) is 2. The normalized spacial score (nSPS) is 13.3. The maximum absolute atomic E-state index is 13.6. The van der Waals surface area contributed by atoms with Crippen molar-refractivity contribution in [3.63, 3.8) is 0 Å². The standard InChI is InChI=1S/C16H12F2N2O2/c17-12-2-1-3-13(18)14(12)16(22)20-10-5-4-9-6-7-19-15(21)11(9)8-10/h1-5,8H,6-7H2,(H,19,21)(H,20,22). The van der Waals surface area contributed by atoms with Crippen molar-refractivity contribution in [1.29, 1.82) is 0 Å². The Hall–Kier alpha value is -2.76. The number of carbonyl (C=O) groups is 2. The van der Waals surface area contributed by atoms with Gasteiger partial charge in [0.2, 0.25) is 0 Å². The van der Waals surface area contributed by atoms with E-state index in [1.165, 1.54) is 12.1 Å². The lowest BCUT2D eigenvalue weighted by atomic mass is 10.00. The SMILES string of the molecule is O=C1NCCc2ccc(NC(=O)c3c(F)cccc3F)cc21. The average molecular weight is 302 g/mol. The number of benzene rings is 2. The van der Waals surface area contributed by atoms with E-state index in [4.69, 9.17) is 0 Å². The van der Waals surface area contributed by atoms with Crippen LogP contribution in [0.4, 0.5) is 14.5 Å². The molecule has 0 spiro atoms. The molecule has 0 saturated heterocycles. The number of halogens is 2. The highest BCUT2D eigenvalue weighted by Crippen LogP contribution is 2.20. The van der Waals surface area contributed by atoms with Gasteiger partial charge in [-0.1, -0.05) is 12.1 Å². The van der Waals surface area contributed by atoms with E-state index in [1.807, 2.05) is 0 Å². The monoisotopic (exact) mass is 302 g/mol. The minimum atomic E-state index is -0.937. The first-order chi connectivity index (χ1) is 10.6. The third-order valence-electron chi connectivity index (χ3n) is 3.48. The van der Waals surface area contributed by atoms with Crippen LogP contribution in [0.25, 0.3) is 0 Å². The molecule has 2 aromatic rings. The molecule has 0 unspecified atom stereocenters. The topological polar surface area (TPSA) is 58.2 Å². The summed E-state index contributed by atoms with van der Waals surface area (Å²) in [5.41, 5.74) is 0.991. The highest BCUT2D eigenvalue weighted by molar-refractivity contribution is 6.05. The van der Waals surface area contributed by atoms with Gasteiger partial charge >= 0.3 is 0 Å². The molecule has 0 bridgehead atoms. The quantitative estimate of drug-likeness (QED) is 0.895. The first-order valence-electron chi connectivity index (χ1n) is 6.73. The van der Waals surface area contributed by atoms with Gasteiger partial charge in [-0.25, -0.2) is 8.78 Å². The number of amides is 2. The molecule has 112 valence electrons. The molecule has 0 radical (unpaired) electrons. The molecule has 0 atom stereocenters. The second-order valence-corrected chi connectivity index (χ2v) is 4.93. The fourth-order valence-corrected chi connectivity index (χ4v) is 2.40. The Balaban J connectivity index is 1.89. The van der Waals surface area contributed by atoms with Crippen molar-refractivity contribution in [2.75, 3.05) is 11.9 Å². The van der Waals surface area contributed by atoms with E-state index in [2.05, 4.69) is 10.6 Å². The molecule has 0 fully saturated rings. The third kappa shape index (κ3) is 2.55. The van der Waals surface area contributed by atoms with Gasteiger partial charge in [0.05, 0.1) is 0 Å². The van der Waals surface area contributed by atoms with E-state index in [0.29, 0.717) is 24.2 Å². The van der Waals surface area contributed by atoms with E-state index in [1.54, 1.807) is 12.1 Å². The average Bonchev–Trinajstić information content (AvgIpc) is 2.48. The molecule has 2 N–H and O–H groups in total. The second-order valence-electron chi connectivity index (χ2n) is 4.93. The van der Waals surface area contributed by atoms with Crippen molar-refractivity contribution < 1.29 is 18.4 Å². The summed E-state index contributed by atoms with van der Waals surface area (Å²) in [6.45, 7) is 0.567. The Morgan fingerprint density at radius 2 is 1.86 bits per heavy atom. The predicted molar refractivity (Wildman–Crippen MR) is 76.8 cm³/mol. The smallest absolute Gasteiger partial charge is 0.261 e. The van der Waals surface area contributed by atoms with Gasteiger partial charge < -0.3 is 10.6 Å². The van der Waals surface area contributed by atoms with Crippen LogP contribution in [0.15, 0.2) is 36.4 Å². The van der Waals surface area contributed by atoms with Crippen LogP contribution in [0.2, 0.25) is 0 Å². The number of anilines is 1. The molecular weight excluding hydrogens is 290 g/mol. The number of rotatable bonds is 2. The van der Waals surface area contributed by atoms with Crippen molar-refractivity contribution in [1.82, 2.24) is 5.32 Å². The Morgan fingerprint density at radius 1 is 1.14 bits per heavy atom. The largest absolute Gasteiger partial charge is 0.352 e. The first kappa shape index (κ1) is 14.2. The van der Waals surface area contributed by atoms with Crippen LogP contribution in [0, 0.1) is 11.6 Å². The van der Waals surface area contributed by atoms with Crippen LogP contribution in [0.1, 0.15) is 26.3 Å². The summed E-state index contributed by atoms with van der Waals surface area (Å²) >= 11 is 0. The van der Waals surface area contributed by atoms with Crippen LogP contribution in [-0.2, 0) is 6.42 Å². The molecule has 2 aromatic carbocycles. The summed E-state index contributed by atoms with van der Waals surface area (Å²) in [5, 5.41) is 5.11. The van der Waals surface area contributed by atoms with E-state index in [9.17, 15) is 18.4 Å². The van der Waals surface area contributed by atoms with Crippen molar-refractivity contribution in [2.24, 2.45) is 0 Å². The molecule has 6 heteroatoms. The van der Waals surface area contributed by atoms with Crippen molar-refractivity contribution in [3.8, 4) is 0 Å². The number of nitrogens with one attached hydrogen (secondary N) is 2. The fourth-order valence-electron chi connectivity index (χ4n) is 2.40. The third-order valence-corrected chi connectivity index (χ3v) is 3.48. The lowest BCUT2D eigenvalue weighted by Gasteiger charge is -2.17. The van der Waals surface area contributed by atoms with Crippen LogP contribution in [0.5, 0.6) is 0 Å². The van der Waals surface area contributed by atoms with E-state index < -0.39 is 23.1 Å². The van der Waals surface area contributed by atoms with Gasteiger partial charge in [-0.3, -0.25) is 9.59 Å². The van der Waals surface area contributed by atoms with Crippen molar-refractivity contribution in [2.45, 2.75) is 6.42 Å². The summed E-state index contributed by atoms with van der Waals surface area (Å²) in [5.74, 6) is -3.00. The summed E-state index contributed by atoms with van der Waals surface area (Å²) in [4.78, 5) is 23.8. The van der Waals surface area contributed by atoms with Gasteiger partial charge in [-0.15, -0.1) is 0 Å². The minimum absolute atomic E-state index is 0.227. The van der Waals surface area contributed by atoms with Crippen LogP contribution < -0.4 is 10.6 Å². The molecular formula is C16H12F2N2O2. The fraction of sp³-hybridized carbons (Fsp3) is 0.125. The van der Waals surface area contributed by atoms with E-state index in [0.717, 1.165) is 17.7 Å². The molecule has 3 rings (SSSR count). The van der Waals surface area contributed by atoms with Crippen LogP contribution >= 0.6 is 0 Å². The Morgan fingerprint density at radius 3 is 2.59 bits per heavy atom. The molecule has 1 heterocycles. The first-order valence-corrected chi connectivity index (χ1v) is 6.73. The molecule has 22 heavy (non-hydrogen) atoms. The summed E-state index contributed by atoms with van der Waals surface area (Å²) in [7, 11) is 0. The number of carbonyl (C=O) groups excluding carboxylic acids is 2. The molecule has 1 aliphatic heterocycles. The van der Waals surface area contributed by atoms with Gasteiger partial charge in [0.15, 0.2) is 0 Å². The Labute approximate surface area is 125 Å². The molecule has 0 aliphatic carbocycles. The van der Waals surface area contributed by atoms with E-state index >= 15 is 0 Å². The summed E-state index contributed by atoms with van der Waals surface area (Å²) in [6.07, 6.45) is 0.706. The van der Waals surface area contributed by atoms with Gasteiger partial charge in [0.1, 0.15) is 17.2 Å². The van der Waals surface area contributed by atoms with Gasteiger partial charge in [0.25, 0.3) is 11.8 Å². The van der Waals surface area contributed by atoms with E-state index in [-0.39, 0.29) is 5.91 Å². The van der Waals surface area contributed by atoms with Gasteiger partial charge in [-0.2, -0.15) is 0 Å². The minimum Gasteiger partial charge on any atom is -0.352 e. The summed E-state index contributed by atoms with van der Waals surface area (Å²) in [6, 6.07) is 8.04. The molecule has 0 saturated carbocycles. The highest BCUT2D eigenvalue weighted by Gasteiger charge is 2.20. The molecule has 0 aromatic heterocycles. The molecule has 1 aliphatic rings. The lowest BCUT2D eigenvalue weighted by molar-refractivity contribution is 0.0944.